The second-order valence-electron chi connectivity index (χ2n) is 5.82. The lowest BCUT2D eigenvalue weighted by Crippen LogP contribution is -2.34. The van der Waals surface area contributed by atoms with E-state index in [0.717, 1.165) is 34.3 Å². The maximum Gasteiger partial charge on any atom is 0.231 e. The fourth-order valence-corrected chi connectivity index (χ4v) is 3.30. The Balaban J connectivity index is 1.52. The highest BCUT2D eigenvalue weighted by atomic mass is 79.9. The van der Waals surface area contributed by atoms with Crippen molar-refractivity contribution in [2.75, 3.05) is 0 Å². The van der Waals surface area contributed by atoms with Gasteiger partial charge in [0.05, 0.1) is 12.0 Å². The van der Waals surface area contributed by atoms with Crippen LogP contribution in [0.1, 0.15) is 24.2 Å². The zero-order valence-electron chi connectivity index (χ0n) is 12.4. The smallest absolute Gasteiger partial charge is 0.231 e. The van der Waals surface area contributed by atoms with Crippen molar-refractivity contribution in [1.29, 1.82) is 0 Å². The molecule has 0 spiro atoms. The standard InChI is InChI=1S/C17H15BrN4O/c18-13-5-3-4-12(10-13)17(7-8-17)16(23)19-11-15-21-20-14-6-1-2-9-22(14)15/h1-6,9-10H,7-8,11H2,(H,19,23). The highest BCUT2D eigenvalue weighted by Gasteiger charge is 2.51. The summed E-state index contributed by atoms with van der Waals surface area (Å²) in [6.45, 7) is 0.375. The second-order valence-corrected chi connectivity index (χ2v) is 6.74. The molecule has 0 atom stereocenters. The van der Waals surface area contributed by atoms with E-state index < -0.39 is 0 Å². The Labute approximate surface area is 141 Å². The lowest BCUT2D eigenvalue weighted by atomic mass is 9.95. The topological polar surface area (TPSA) is 59.3 Å². The number of amides is 1. The summed E-state index contributed by atoms with van der Waals surface area (Å²) in [4.78, 5) is 12.7. The highest BCUT2D eigenvalue weighted by Crippen LogP contribution is 2.48. The van der Waals surface area contributed by atoms with Crippen LogP contribution in [0.15, 0.2) is 53.1 Å². The van der Waals surface area contributed by atoms with Crippen molar-refractivity contribution in [3.8, 4) is 0 Å². The van der Waals surface area contributed by atoms with Gasteiger partial charge in [0, 0.05) is 10.7 Å². The van der Waals surface area contributed by atoms with E-state index in [1.807, 2.05) is 53.1 Å². The minimum absolute atomic E-state index is 0.0586. The third kappa shape index (κ3) is 2.53. The van der Waals surface area contributed by atoms with Gasteiger partial charge in [-0.3, -0.25) is 9.20 Å². The summed E-state index contributed by atoms with van der Waals surface area (Å²) >= 11 is 3.48. The third-order valence-electron chi connectivity index (χ3n) is 4.35. The van der Waals surface area contributed by atoms with Crippen LogP contribution in [0.3, 0.4) is 0 Å². The summed E-state index contributed by atoms with van der Waals surface area (Å²) < 4.78 is 2.89. The molecule has 1 aliphatic rings. The van der Waals surface area contributed by atoms with Gasteiger partial charge in [0.2, 0.25) is 5.91 Å². The van der Waals surface area contributed by atoms with Crippen molar-refractivity contribution in [2.24, 2.45) is 0 Å². The fourth-order valence-electron chi connectivity index (χ4n) is 2.90. The first-order valence-corrected chi connectivity index (χ1v) is 8.31. The number of carbonyl (C=O) groups excluding carboxylic acids is 1. The van der Waals surface area contributed by atoms with Gasteiger partial charge in [-0.2, -0.15) is 0 Å². The van der Waals surface area contributed by atoms with E-state index >= 15 is 0 Å². The van der Waals surface area contributed by atoms with Crippen molar-refractivity contribution < 1.29 is 4.79 Å². The van der Waals surface area contributed by atoms with Gasteiger partial charge in [0.15, 0.2) is 11.5 Å². The Morgan fingerprint density at radius 3 is 2.87 bits per heavy atom. The SMILES string of the molecule is O=C(NCc1nnc2ccccn12)C1(c2cccc(Br)c2)CC1. The molecule has 1 N–H and O–H groups in total. The van der Waals surface area contributed by atoms with Crippen LogP contribution >= 0.6 is 15.9 Å². The number of aromatic nitrogens is 3. The quantitative estimate of drug-likeness (QED) is 0.767. The fraction of sp³-hybridized carbons (Fsp3) is 0.235. The number of rotatable bonds is 4. The molecule has 0 aliphatic heterocycles. The molecule has 5 nitrogen and oxygen atoms in total. The second kappa shape index (κ2) is 5.45. The number of carbonyl (C=O) groups is 1. The van der Waals surface area contributed by atoms with E-state index in [1.165, 1.54) is 0 Å². The monoisotopic (exact) mass is 370 g/mol. The molecule has 0 unspecified atom stereocenters. The average molecular weight is 371 g/mol. The van der Waals surface area contributed by atoms with Crippen LogP contribution in [0.5, 0.6) is 0 Å². The average Bonchev–Trinajstić information content (AvgIpc) is 3.28. The summed E-state index contributed by atoms with van der Waals surface area (Å²) in [6.07, 6.45) is 3.67. The first kappa shape index (κ1) is 14.4. The van der Waals surface area contributed by atoms with Gasteiger partial charge >= 0.3 is 0 Å². The number of benzene rings is 1. The molecule has 116 valence electrons. The molecule has 1 aliphatic carbocycles. The van der Waals surface area contributed by atoms with E-state index in [2.05, 4.69) is 31.4 Å². The maximum absolute atomic E-state index is 12.7. The predicted molar refractivity (Wildman–Crippen MR) is 89.9 cm³/mol. The van der Waals surface area contributed by atoms with Gasteiger partial charge < -0.3 is 5.32 Å². The Morgan fingerprint density at radius 1 is 1.22 bits per heavy atom. The Morgan fingerprint density at radius 2 is 2.09 bits per heavy atom. The molecular formula is C17H15BrN4O. The highest BCUT2D eigenvalue weighted by molar-refractivity contribution is 9.10. The van der Waals surface area contributed by atoms with Crippen molar-refractivity contribution in [3.63, 3.8) is 0 Å². The van der Waals surface area contributed by atoms with E-state index in [1.54, 1.807) is 0 Å². The van der Waals surface area contributed by atoms with Crippen LogP contribution in [-0.2, 0) is 16.8 Å². The van der Waals surface area contributed by atoms with E-state index in [-0.39, 0.29) is 11.3 Å². The number of nitrogens with zero attached hydrogens (tertiary/aromatic N) is 3. The first-order valence-electron chi connectivity index (χ1n) is 7.52. The molecule has 23 heavy (non-hydrogen) atoms. The number of nitrogens with one attached hydrogen (secondary N) is 1. The van der Waals surface area contributed by atoms with Gasteiger partial charge in [-0.25, -0.2) is 0 Å². The molecule has 0 radical (unpaired) electrons. The molecule has 1 fully saturated rings. The van der Waals surface area contributed by atoms with E-state index in [9.17, 15) is 4.79 Å². The Kier molecular flexibility index (Phi) is 3.41. The Bertz CT molecular complexity index is 885. The molecule has 2 heterocycles. The maximum atomic E-state index is 12.7. The van der Waals surface area contributed by atoms with Gasteiger partial charge in [-0.15, -0.1) is 10.2 Å². The van der Waals surface area contributed by atoms with Gasteiger partial charge in [0.1, 0.15) is 0 Å². The molecule has 4 rings (SSSR count). The van der Waals surface area contributed by atoms with Crippen molar-refractivity contribution in [1.82, 2.24) is 19.9 Å². The molecule has 6 heteroatoms. The van der Waals surface area contributed by atoms with Crippen molar-refractivity contribution >= 4 is 27.5 Å². The van der Waals surface area contributed by atoms with Crippen LogP contribution < -0.4 is 5.32 Å². The van der Waals surface area contributed by atoms with Crippen LogP contribution in [0.4, 0.5) is 0 Å². The van der Waals surface area contributed by atoms with Gasteiger partial charge in [0.25, 0.3) is 0 Å². The zero-order valence-corrected chi connectivity index (χ0v) is 14.0. The molecule has 1 aromatic carbocycles. The third-order valence-corrected chi connectivity index (χ3v) is 4.85. The summed E-state index contributed by atoms with van der Waals surface area (Å²) in [6, 6.07) is 13.7. The van der Waals surface area contributed by atoms with Gasteiger partial charge in [-0.05, 0) is 42.7 Å². The largest absolute Gasteiger partial charge is 0.348 e. The van der Waals surface area contributed by atoms with Crippen LogP contribution in [0, 0.1) is 0 Å². The van der Waals surface area contributed by atoms with Crippen LogP contribution in [0.2, 0.25) is 0 Å². The first-order chi connectivity index (χ1) is 11.2. The molecule has 0 saturated heterocycles. The predicted octanol–water partition coefficient (Wildman–Crippen LogP) is 2.84. The Hall–Kier alpha value is -2.21. The molecule has 1 saturated carbocycles. The van der Waals surface area contributed by atoms with Crippen LogP contribution in [0.25, 0.3) is 5.65 Å². The lowest BCUT2D eigenvalue weighted by molar-refractivity contribution is -0.123. The van der Waals surface area contributed by atoms with Crippen molar-refractivity contribution in [3.05, 3.63) is 64.5 Å². The van der Waals surface area contributed by atoms with E-state index in [0.29, 0.717) is 6.54 Å². The number of halogens is 1. The minimum Gasteiger partial charge on any atom is -0.348 e. The molecule has 0 bridgehead atoms. The van der Waals surface area contributed by atoms with Gasteiger partial charge in [-0.1, -0.05) is 34.1 Å². The molecule has 3 aromatic rings. The number of pyridine rings is 1. The zero-order chi connectivity index (χ0) is 15.9. The molecular weight excluding hydrogens is 356 g/mol. The summed E-state index contributed by atoms with van der Waals surface area (Å²) in [7, 11) is 0. The molecule has 1 amide bonds. The lowest BCUT2D eigenvalue weighted by Gasteiger charge is -2.15. The normalized spacial score (nSPS) is 15.5. The van der Waals surface area contributed by atoms with E-state index in [4.69, 9.17) is 0 Å². The number of hydrogen-bond acceptors (Lipinski definition) is 3. The number of hydrogen-bond donors (Lipinski definition) is 1. The van der Waals surface area contributed by atoms with Crippen LogP contribution in [-0.4, -0.2) is 20.5 Å². The summed E-state index contributed by atoms with van der Waals surface area (Å²) in [5.41, 5.74) is 1.46. The number of fused-ring (bicyclic) bond motifs is 1. The molecule has 2 aromatic heterocycles. The summed E-state index contributed by atoms with van der Waals surface area (Å²) in [5.74, 6) is 0.794. The van der Waals surface area contributed by atoms with Crippen molar-refractivity contribution in [2.45, 2.75) is 24.8 Å². The minimum atomic E-state index is -0.385. The summed E-state index contributed by atoms with van der Waals surface area (Å²) in [5, 5.41) is 11.3.